The van der Waals surface area contributed by atoms with Crippen molar-refractivity contribution in [1.82, 2.24) is 25.4 Å². The summed E-state index contributed by atoms with van der Waals surface area (Å²) in [5, 5.41) is 10.6. The fourth-order valence-electron chi connectivity index (χ4n) is 3.79. The van der Waals surface area contributed by atoms with Crippen LogP contribution in [0.4, 0.5) is 5.69 Å². The van der Waals surface area contributed by atoms with Crippen molar-refractivity contribution < 1.29 is 4.42 Å². The predicted octanol–water partition coefficient (Wildman–Crippen LogP) is 2.62. The topological polar surface area (TPSA) is 85.6 Å². The van der Waals surface area contributed by atoms with Crippen molar-refractivity contribution in [2.45, 2.75) is 20.3 Å². The molecule has 8 heteroatoms. The van der Waals surface area contributed by atoms with Gasteiger partial charge in [0.25, 0.3) is 0 Å². The Hall–Kier alpha value is -3.29. The molecule has 4 rings (SSSR count). The molecule has 1 fully saturated rings. The highest BCUT2D eigenvalue weighted by molar-refractivity contribution is 5.80. The zero-order valence-electron chi connectivity index (χ0n) is 17.9. The van der Waals surface area contributed by atoms with Crippen LogP contribution in [0.1, 0.15) is 17.0 Å². The third-order valence-electron chi connectivity index (χ3n) is 5.63. The van der Waals surface area contributed by atoms with E-state index in [4.69, 9.17) is 4.42 Å². The maximum Gasteiger partial charge on any atom is 0.216 e. The highest BCUT2D eigenvalue weighted by atomic mass is 16.3. The van der Waals surface area contributed by atoms with Gasteiger partial charge in [0.1, 0.15) is 5.82 Å². The summed E-state index contributed by atoms with van der Waals surface area (Å²) in [6.45, 7) is 8.97. The molecule has 158 valence electrons. The number of aryl methyl sites for hydroxylation is 1. The van der Waals surface area contributed by atoms with Gasteiger partial charge in [0, 0.05) is 51.9 Å². The molecule has 0 bridgehead atoms. The van der Waals surface area contributed by atoms with E-state index in [1.54, 1.807) is 6.26 Å². The Morgan fingerprint density at radius 2 is 2.00 bits per heavy atom. The fourth-order valence-corrected chi connectivity index (χ4v) is 3.79. The molecular formula is C22H29N7O. The highest BCUT2D eigenvalue weighted by Crippen LogP contribution is 2.23. The number of benzene rings is 1. The predicted molar refractivity (Wildman–Crippen MR) is 119 cm³/mol. The standard InChI is InChI=1S/C22H29N7O/c1-16-6-4-7-18(17(16)2)28-11-13-29(14-12-28)22(23-3)24-10-9-20-25-21(27-26-20)19-8-5-15-30-19/h4-8,15H,9-14H2,1-3H3,(H,23,24)(H,25,26,27). The van der Waals surface area contributed by atoms with Crippen LogP contribution in [0.5, 0.6) is 0 Å². The van der Waals surface area contributed by atoms with E-state index < -0.39 is 0 Å². The zero-order chi connectivity index (χ0) is 20.9. The van der Waals surface area contributed by atoms with Gasteiger partial charge in [0.15, 0.2) is 11.7 Å². The van der Waals surface area contributed by atoms with Crippen LogP contribution in [0, 0.1) is 13.8 Å². The zero-order valence-corrected chi connectivity index (χ0v) is 17.9. The Kier molecular flexibility index (Phi) is 6.02. The number of aliphatic imine (C=N–C) groups is 1. The molecule has 0 saturated carbocycles. The van der Waals surface area contributed by atoms with Crippen LogP contribution in [0.2, 0.25) is 0 Å². The second kappa shape index (κ2) is 9.02. The molecule has 0 atom stereocenters. The molecule has 2 aromatic heterocycles. The lowest BCUT2D eigenvalue weighted by atomic mass is 10.1. The van der Waals surface area contributed by atoms with Crippen molar-refractivity contribution in [2.75, 3.05) is 44.7 Å². The summed E-state index contributed by atoms with van der Waals surface area (Å²) in [5.74, 6) is 3.01. The summed E-state index contributed by atoms with van der Waals surface area (Å²) in [6.07, 6.45) is 2.35. The van der Waals surface area contributed by atoms with Crippen molar-refractivity contribution in [1.29, 1.82) is 0 Å². The van der Waals surface area contributed by atoms with Gasteiger partial charge in [0.2, 0.25) is 5.82 Å². The SMILES string of the molecule is CN=C(NCCc1nc(-c2ccco2)n[nH]1)N1CCN(c2cccc(C)c2C)CC1. The van der Waals surface area contributed by atoms with Crippen molar-refractivity contribution in [3.8, 4) is 11.6 Å². The fraction of sp³-hybridized carbons (Fsp3) is 0.409. The van der Waals surface area contributed by atoms with Crippen LogP contribution < -0.4 is 10.2 Å². The van der Waals surface area contributed by atoms with Gasteiger partial charge in [-0.05, 0) is 43.2 Å². The number of aromatic amines is 1. The van der Waals surface area contributed by atoms with E-state index in [1.807, 2.05) is 19.2 Å². The van der Waals surface area contributed by atoms with Crippen LogP contribution in [0.15, 0.2) is 46.0 Å². The van der Waals surface area contributed by atoms with Crippen LogP contribution >= 0.6 is 0 Å². The Bertz CT molecular complexity index is 985. The first-order chi connectivity index (χ1) is 14.7. The van der Waals surface area contributed by atoms with Crippen molar-refractivity contribution in [2.24, 2.45) is 4.99 Å². The van der Waals surface area contributed by atoms with Gasteiger partial charge in [-0.2, -0.15) is 5.10 Å². The van der Waals surface area contributed by atoms with Gasteiger partial charge in [-0.1, -0.05) is 12.1 Å². The molecule has 0 radical (unpaired) electrons. The lowest BCUT2D eigenvalue weighted by Crippen LogP contribution is -2.53. The second-order valence-corrected chi connectivity index (χ2v) is 7.50. The minimum atomic E-state index is 0.585. The number of nitrogens with one attached hydrogen (secondary N) is 2. The second-order valence-electron chi connectivity index (χ2n) is 7.50. The minimum absolute atomic E-state index is 0.585. The Balaban J connectivity index is 1.28. The van der Waals surface area contributed by atoms with Crippen LogP contribution in [-0.2, 0) is 6.42 Å². The normalized spacial score (nSPS) is 15.0. The summed E-state index contributed by atoms with van der Waals surface area (Å²) in [6, 6.07) is 10.2. The molecule has 1 aliphatic rings. The van der Waals surface area contributed by atoms with Crippen molar-refractivity contribution >= 4 is 11.6 Å². The first-order valence-corrected chi connectivity index (χ1v) is 10.4. The van der Waals surface area contributed by atoms with E-state index in [-0.39, 0.29) is 0 Å². The van der Waals surface area contributed by atoms with Crippen molar-refractivity contribution in [3.63, 3.8) is 0 Å². The summed E-state index contributed by atoms with van der Waals surface area (Å²) in [4.78, 5) is 13.7. The third kappa shape index (κ3) is 4.32. The summed E-state index contributed by atoms with van der Waals surface area (Å²) in [7, 11) is 1.84. The molecule has 2 N–H and O–H groups in total. The number of anilines is 1. The Morgan fingerprint density at radius 3 is 2.73 bits per heavy atom. The van der Waals surface area contributed by atoms with E-state index in [0.717, 1.165) is 50.9 Å². The van der Waals surface area contributed by atoms with Gasteiger partial charge in [-0.3, -0.25) is 10.1 Å². The molecule has 1 saturated heterocycles. The first-order valence-electron chi connectivity index (χ1n) is 10.4. The van der Waals surface area contributed by atoms with Gasteiger partial charge in [-0.15, -0.1) is 0 Å². The number of aromatic nitrogens is 3. The first kappa shape index (κ1) is 20.0. The summed E-state index contributed by atoms with van der Waals surface area (Å²) >= 11 is 0. The number of nitrogens with zero attached hydrogens (tertiary/aromatic N) is 5. The molecular weight excluding hydrogens is 378 g/mol. The number of hydrogen-bond acceptors (Lipinski definition) is 5. The van der Waals surface area contributed by atoms with Gasteiger partial charge in [0.05, 0.1) is 6.26 Å². The molecule has 3 aromatic rings. The Labute approximate surface area is 177 Å². The molecule has 1 aliphatic heterocycles. The molecule has 30 heavy (non-hydrogen) atoms. The minimum Gasteiger partial charge on any atom is -0.461 e. The third-order valence-corrected chi connectivity index (χ3v) is 5.63. The lowest BCUT2D eigenvalue weighted by molar-refractivity contribution is 0.372. The summed E-state index contributed by atoms with van der Waals surface area (Å²) in [5.41, 5.74) is 4.06. The van der Waals surface area contributed by atoms with E-state index in [9.17, 15) is 0 Å². The quantitative estimate of drug-likeness (QED) is 0.500. The molecule has 8 nitrogen and oxygen atoms in total. The average Bonchev–Trinajstić information content (AvgIpc) is 3.45. The number of rotatable bonds is 5. The Morgan fingerprint density at radius 1 is 1.17 bits per heavy atom. The van der Waals surface area contributed by atoms with E-state index >= 15 is 0 Å². The molecule has 0 unspecified atom stereocenters. The molecule has 0 aliphatic carbocycles. The number of guanidine groups is 1. The highest BCUT2D eigenvalue weighted by Gasteiger charge is 2.21. The van der Waals surface area contributed by atoms with Gasteiger partial charge >= 0.3 is 0 Å². The number of H-pyrrole nitrogens is 1. The van der Waals surface area contributed by atoms with Crippen molar-refractivity contribution in [3.05, 3.63) is 53.5 Å². The van der Waals surface area contributed by atoms with Crippen LogP contribution in [0.3, 0.4) is 0 Å². The van der Waals surface area contributed by atoms with Crippen LogP contribution in [-0.4, -0.2) is 65.8 Å². The van der Waals surface area contributed by atoms with E-state index in [2.05, 4.69) is 67.3 Å². The number of furan rings is 1. The monoisotopic (exact) mass is 407 g/mol. The van der Waals surface area contributed by atoms with E-state index in [1.165, 1.54) is 16.8 Å². The molecule has 0 spiro atoms. The smallest absolute Gasteiger partial charge is 0.216 e. The largest absolute Gasteiger partial charge is 0.461 e. The van der Waals surface area contributed by atoms with Gasteiger partial charge < -0.3 is 19.5 Å². The molecule has 3 heterocycles. The van der Waals surface area contributed by atoms with Crippen LogP contribution in [0.25, 0.3) is 11.6 Å². The summed E-state index contributed by atoms with van der Waals surface area (Å²) < 4.78 is 5.34. The maximum atomic E-state index is 5.34. The lowest BCUT2D eigenvalue weighted by Gasteiger charge is -2.38. The number of piperazine rings is 1. The number of hydrogen-bond donors (Lipinski definition) is 2. The molecule has 0 amide bonds. The average molecular weight is 408 g/mol. The maximum absolute atomic E-state index is 5.34. The molecule has 1 aromatic carbocycles. The van der Waals surface area contributed by atoms with Gasteiger partial charge in [-0.25, -0.2) is 4.98 Å². The van der Waals surface area contributed by atoms with E-state index in [0.29, 0.717) is 11.6 Å².